The molecule has 0 aliphatic carbocycles. The van der Waals surface area contributed by atoms with E-state index >= 15 is 0 Å². The van der Waals surface area contributed by atoms with Crippen molar-refractivity contribution < 1.29 is 0 Å². The maximum Gasteiger partial charge on any atom is 0.138 e. The number of benzene rings is 1. The fourth-order valence-electron chi connectivity index (χ4n) is 2.01. The minimum absolute atomic E-state index is 0.302. The first-order valence-electron chi connectivity index (χ1n) is 7.53. The lowest BCUT2D eigenvalue weighted by atomic mass is 10.2. The highest BCUT2D eigenvalue weighted by Gasteiger charge is 2.12. The number of hydrogen-bond acceptors (Lipinski definition) is 4. The van der Waals surface area contributed by atoms with Crippen LogP contribution in [0.25, 0.3) is 0 Å². The molecule has 1 heterocycles. The number of anilines is 3. The summed E-state index contributed by atoms with van der Waals surface area (Å²) < 4.78 is 0. The first-order chi connectivity index (χ1) is 10.1. The van der Waals surface area contributed by atoms with Crippen molar-refractivity contribution in [2.45, 2.75) is 33.1 Å². The van der Waals surface area contributed by atoms with Gasteiger partial charge in [-0.15, -0.1) is 0 Å². The molecule has 0 bridgehead atoms. The first-order valence-corrected chi connectivity index (χ1v) is 7.53. The minimum atomic E-state index is 0.302. The van der Waals surface area contributed by atoms with Gasteiger partial charge >= 0.3 is 0 Å². The van der Waals surface area contributed by atoms with Gasteiger partial charge in [0.05, 0.1) is 0 Å². The van der Waals surface area contributed by atoms with Crippen molar-refractivity contribution in [1.82, 2.24) is 9.97 Å². The van der Waals surface area contributed by atoms with Gasteiger partial charge in [-0.05, 0) is 18.6 Å². The van der Waals surface area contributed by atoms with Gasteiger partial charge in [0.1, 0.15) is 17.5 Å². The van der Waals surface area contributed by atoms with E-state index in [0.29, 0.717) is 5.92 Å². The molecular weight excluding hydrogens is 260 g/mol. The Morgan fingerprint density at radius 3 is 2.48 bits per heavy atom. The van der Waals surface area contributed by atoms with E-state index < -0.39 is 0 Å². The third-order valence-electron chi connectivity index (χ3n) is 3.29. The standard InChI is InChI=1S/C17H24N4/c1-5-11-18-15-12-16(20-17(19-15)13(2)3)21(4)14-9-7-6-8-10-14/h6-10,12-13H,5,11H2,1-4H3,(H,18,19,20). The van der Waals surface area contributed by atoms with Gasteiger partial charge in [0.2, 0.25) is 0 Å². The van der Waals surface area contributed by atoms with Crippen molar-refractivity contribution in [3.8, 4) is 0 Å². The summed E-state index contributed by atoms with van der Waals surface area (Å²) in [5.41, 5.74) is 1.12. The molecule has 4 nitrogen and oxygen atoms in total. The molecule has 1 aromatic heterocycles. The summed E-state index contributed by atoms with van der Waals surface area (Å²) in [6.45, 7) is 7.30. The van der Waals surface area contributed by atoms with E-state index in [2.05, 4.69) is 48.1 Å². The van der Waals surface area contributed by atoms with Crippen LogP contribution in [0.5, 0.6) is 0 Å². The fourth-order valence-corrected chi connectivity index (χ4v) is 2.01. The molecule has 0 unspecified atom stereocenters. The highest BCUT2D eigenvalue weighted by atomic mass is 15.2. The SMILES string of the molecule is CCCNc1cc(N(C)c2ccccc2)nc(C(C)C)n1. The van der Waals surface area contributed by atoms with Gasteiger partial charge in [-0.2, -0.15) is 0 Å². The number of aromatic nitrogens is 2. The molecule has 0 saturated carbocycles. The maximum atomic E-state index is 4.69. The maximum absolute atomic E-state index is 4.69. The quantitative estimate of drug-likeness (QED) is 0.863. The van der Waals surface area contributed by atoms with E-state index in [1.54, 1.807) is 0 Å². The summed E-state index contributed by atoms with van der Waals surface area (Å²) in [7, 11) is 2.03. The summed E-state index contributed by atoms with van der Waals surface area (Å²) in [5.74, 6) is 2.98. The molecule has 21 heavy (non-hydrogen) atoms. The lowest BCUT2D eigenvalue weighted by Gasteiger charge is -2.20. The Labute approximate surface area is 127 Å². The average Bonchev–Trinajstić information content (AvgIpc) is 2.52. The Balaban J connectivity index is 2.35. The Morgan fingerprint density at radius 1 is 1.14 bits per heavy atom. The van der Waals surface area contributed by atoms with E-state index in [-0.39, 0.29) is 0 Å². The zero-order valence-corrected chi connectivity index (χ0v) is 13.3. The third-order valence-corrected chi connectivity index (χ3v) is 3.29. The van der Waals surface area contributed by atoms with Gasteiger partial charge in [-0.3, -0.25) is 0 Å². The molecule has 0 aliphatic rings. The molecule has 0 spiro atoms. The molecule has 112 valence electrons. The molecular formula is C17H24N4. The molecule has 2 aromatic rings. The Bertz CT molecular complexity index is 566. The van der Waals surface area contributed by atoms with E-state index in [0.717, 1.165) is 36.1 Å². The van der Waals surface area contributed by atoms with Crippen LogP contribution < -0.4 is 10.2 Å². The number of rotatable bonds is 6. The lowest BCUT2D eigenvalue weighted by molar-refractivity contribution is 0.771. The second kappa shape index (κ2) is 7.07. The topological polar surface area (TPSA) is 41.0 Å². The van der Waals surface area contributed by atoms with Crippen molar-refractivity contribution >= 4 is 17.3 Å². The minimum Gasteiger partial charge on any atom is -0.370 e. The Morgan fingerprint density at radius 2 is 1.86 bits per heavy atom. The summed E-state index contributed by atoms with van der Waals surface area (Å²) in [6, 6.07) is 12.3. The van der Waals surface area contributed by atoms with Gasteiger partial charge in [0.25, 0.3) is 0 Å². The summed E-state index contributed by atoms with van der Waals surface area (Å²) in [6.07, 6.45) is 1.07. The van der Waals surface area contributed by atoms with E-state index in [1.165, 1.54) is 0 Å². The van der Waals surface area contributed by atoms with E-state index in [1.807, 2.05) is 31.3 Å². The van der Waals surface area contributed by atoms with Crippen LogP contribution in [0.4, 0.5) is 17.3 Å². The smallest absolute Gasteiger partial charge is 0.138 e. The number of para-hydroxylation sites is 1. The van der Waals surface area contributed by atoms with Crippen LogP contribution in [0.1, 0.15) is 38.9 Å². The summed E-state index contributed by atoms with van der Waals surface area (Å²) in [5, 5.41) is 3.36. The van der Waals surface area contributed by atoms with Gasteiger partial charge in [0, 0.05) is 31.3 Å². The lowest BCUT2D eigenvalue weighted by Crippen LogP contribution is -2.15. The molecule has 0 saturated heterocycles. The predicted molar refractivity (Wildman–Crippen MR) is 89.4 cm³/mol. The molecule has 0 fully saturated rings. The summed E-state index contributed by atoms with van der Waals surface area (Å²) in [4.78, 5) is 11.4. The molecule has 0 atom stereocenters. The Kier molecular flexibility index (Phi) is 5.14. The number of hydrogen-bond donors (Lipinski definition) is 1. The zero-order valence-electron chi connectivity index (χ0n) is 13.3. The van der Waals surface area contributed by atoms with Crippen LogP contribution in [-0.2, 0) is 0 Å². The highest BCUT2D eigenvalue weighted by molar-refractivity contribution is 5.61. The molecule has 4 heteroatoms. The zero-order chi connectivity index (χ0) is 15.2. The van der Waals surface area contributed by atoms with Gasteiger partial charge < -0.3 is 10.2 Å². The number of nitrogens with zero attached hydrogens (tertiary/aromatic N) is 3. The number of nitrogens with one attached hydrogen (secondary N) is 1. The third kappa shape index (κ3) is 3.94. The fraction of sp³-hybridized carbons (Fsp3) is 0.412. The van der Waals surface area contributed by atoms with E-state index in [9.17, 15) is 0 Å². The van der Waals surface area contributed by atoms with Crippen molar-refractivity contribution in [2.24, 2.45) is 0 Å². The molecule has 1 N–H and O–H groups in total. The van der Waals surface area contributed by atoms with Crippen molar-refractivity contribution in [2.75, 3.05) is 23.8 Å². The van der Waals surface area contributed by atoms with Crippen LogP contribution in [0.15, 0.2) is 36.4 Å². The van der Waals surface area contributed by atoms with Crippen LogP contribution in [-0.4, -0.2) is 23.6 Å². The van der Waals surface area contributed by atoms with Crippen LogP contribution in [0.3, 0.4) is 0 Å². The summed E-state index contributed by atoms with van der Waals surface area (Å²) >= 11 is 0. The first kappa shape index (κ1) is 15.3. The molecule has 2 rings (SSSR count). The normalized spacial score (nSPS) is 10.7. The van der Waals surface area contributed by atoms with Crippen LogP contribution >= 0.6 is 0 Å². The molecule has 0 aliphatic heterocycles. The molecule has 0 amide bonds. The molecule has 1 aromatic carbocycles. The Hall–Kier alpha value is -2.10. The largest absolute Gasteiger partial charge is 0.370 e. The van der Waals surface area contributed by atoms with Gasteiger partial charge in [-0.1, -0.05) is 39.0 Å². The average molecular weight is 284 g/mol. The van der Waals surface area contributed by atoms with Crippen LogP contribution in [0.2, 0.25) is 0 Å². The van der Waals surface area contributed by atoms with Crippen molar-refractivity contribution in [1.29, 1.82) is 0 Å². The van der Waals surface area contributed by atoms with Gasteiger partial charge in [-0.25, -0.2) is 9.97 Å². The monoisotopic (exact) mass is 284 g/mol. The van der Waals surface area contributed by atoms with Crippen molar-refractivity contribution in [3.05, 3.63) is 42.2 Å². The second-order valence-corrected chi connectivity index (χ2v) is 5.45. The van der Waals surface area contributed by atoms with Crippen LogP contribution in [0, 0.1) is 0 Å². The van der Waals surface area contributed by atoms with Gasteiger partial charge in [0.15, 0.2) is 0 Å². The van der Waals surface area contributed by atoms with Crippen molar-refractivity contribution in [3.63, 3.8) is 0 Å². The molecule has 0 radical (unpaired) electrons. The predicted octanol–water partition coefficient (Wildman–Crippen LogP) is 4.19. The highest BCUT2D eigenvalue weighted by Crippen LogP contribution is 2.25. The van der Waals surface area contributed by atoms with E-state index in [4.69, 9.17) is 4.98 Å². The second-order valence-electron chi connectivity index (χ2n) is 5.45.